The maximum Gasteiger partial charge on any atom is 0.191 e. The zero-order valence-corrected chi connectivity index (χ0v) is 14.6. The largest absolute Gasteiger partial charge is 0.370 e. The molecule has 1 saturated heterocycles. The van der Waals surface area contributed by atoms with E-state index < -0.39 is 0 Å². The molecule has 1 heterocycles. The Kier molecular flexibility index (Phi) is 8.18. The number of piperidine rings is 1. The van der Waals surface area contributed by atoms with Crippen molar-refractivity contribution in [2.45, 2.75) is 33.1 Å². The van der Waals surface area contributed by atoms with Crippen LogP contribution in [-0.2, 0) is 0 Å². The molecule has 0 aliphatic carbocycles. The molecule has 0 bridgehead atoms. The molecule has 0 aromatic heterocycles. The number of hydrogen-bond acceptors (Lipinski definition) is 2. The standard InChI is InChI=1S/C13H28N4.HI/c1-13(2,11-16(3)4)10-15-12(14)17-8-6-5-7-9-17;/h5-11H2,1-4H3,(H2,14,15);1H. The van der Waals surface area contributed by atoms with Crippen LogP contribution in [0.25, 0.3) is 0 Å². The zero-order chi connectivity index (χ0) is 12.9. The molecule has 1 aliphatic heterocycles. The Morgan fingerprint density at radius 3 is 2.28 bits per heavy atom. The lowest BCUT2D eigenvalue weighted by molar-refractivity contribution is 0.247. The molecule has 0 unspecified atom stereocenters. The van der Waals surface area contributed by atoms with E-state index in [2.05, 4.69) is 42.7 Å². The number of guanidine groups is 1. The van der Waals surface area contributed by atoms with Gasteiger partial charge in [0.25, 0.3) is 0 Å². The summed E-state index contributed by atoms with van der Waals surface area (Å²) in [6.45, 7) is 8.45. The molecule has 18 heavy (non-hydrogen) atoms. The van der Waals surface area contributed by atoms with Gasteiger partial charge in [0.15, 0.2) is 5.96 Å². The van der Waals surface area contributed by atoms with E-state index in [0.717, 1.165) is 32.1 Å². The van der Waals surface area contributed by atoms with Crippen LogP contribution in [0.1, 0.15) is 33.1 Å². The normalized spacial score (nSPS) is 17.8. The molecule has 0 amide bonds. The summed E-state index contributed by atoms with van der Waals surface area (Å²) in [5.74, 6) is 0.733. The lowest BCUT2D eigenvalue weighted by Crippen LogP contribution is -2.42. The van der Waals surface area contributed by atoms with E-state index in [1.165, 1.54) is 19.3 Å². The molecular weight excluding hydrogens is 339 g/mol. The highest BCUT2D eigenvalue weighted by atomic mass is 127. The number of halogens is 1. The van der Waals surface area contributed by atoms with Crippen LogP contribution in [0.4, 0.5) is 0 Å². The Bertz CT molecular complexity index is 258. The van der Waals surface area contributed by atoms with Gasteiger partial charge in [-0.15, -0.1) is 24.0 Å². The Hall–Kier alpha value is -0.0400. The van der Waals surface area contributed by atoms with Crippen molar-refractivity contribution in [1.29, 1.82) is 0 Å². The average molecular weight is 368 g/mol. The Balaban J connectivity index is 0.00000289. The quantitative estimate of drug-likeness (QED) is 0.469. The maximum atomic E-state index is 6.05. The predicted molar refractivity (Wildman–Crippen MR) is 89.7 cm³/mol. The van der Waals surface area contributed by atoms with E-state index in [-0.39, 0.29) is 29.4 Å². The maximum absolute atomic E-state index is 6.05. The number of rotatable bonds is 4. The van der Waals surface area contributed by atoms with Crippen molar-refractivity contribution in [3.8, 4) is 0 Å². The Morgan fingerprint density at radius 1 is 1.22 bits per heavy atom. The molecule has 0 atom stereocenters. The van der Waals surface area contributed by atoms with Crippen LogP contribution in [0, 0.1) is 5.41 Å². The second-order valence-electron chi connectivity index (χ2n) is 6.12. The summed E-state index contributed by atoms with van der Waals surface area (Å²) in [6, 6.07) is 0. The molecular formula is C13H29IN4. The number of nitrogens with zero attached hydrogens (tertiary/aromatic N) is 3. The van der Waals surface area contributed by atoms with Gasteiger partial charge in [-0.2, -0.15) is 0 Å². The van der Waals surface area contributed by atoms with Gasteiger partial charge in [-0.05, 0) is 38.8 Å². The number of nitrogens with two attached hydrogens (primary N) is 1. The molecule has 108 valence electrons. The molecule has 0 saturated carbocycles. The summed E-state index contributed by atoms with van der Waals surface area (Å²) < 4.78 is 0. The fourth-order valence-electron chi connectivity index (χ4n) is 2.42. The highest BCUT2D eigenvalue weighted by Crippen LogP contribution is 2.16. The van der Waals surface area contributed by atoms with Crippen LogP contribution in [0.2, 0.25) is 0 Å². The molecule has 4 nitrogen and oxygen atoms in total. The van der Waals surface area contributed by atoms with Gasteiger partial charge in [0.2, 0.25) is 0 Å². The van der Waals surface area contributed by atoms with Gasteiger partial charge in [0.05, 0.1) is 0 Å². The molecule has 0 radical (unpaired) electrons. The summed E-state index contributed by atoms with van der Waals surface area (Å²) in [4.78, 5) is 8.98. The summed E-state index contributed by atoms with van der Waals surface area (Å²) in [5.41, 5.74) is 6.23. The minimum absolute atomic E-state index is 0. The molecule has 0 aromatic carbocycles. The van der Waals surface area contributed by atoms with Crippen LogP contribution in [0.3, 0.4) is 0 Å². The van der Waals surface area contributed by atoms with E-state index in [9.17, 15) is 0 Å². The first-order valence-corrected chi connectivity index (χ1v) is 6.60. The van der Waals surface area contributed by atoms with Crippen molar-refractivity contribution in [1.82, 2.24) is 9.80 Å². The SMILES string of the molecule is CN(C)CC(C)(C)CN=C(N)N1CCCCC1.I. The fraction of sp³-hybridized carbons (Fsp3) is 0.923. The first-order valence-electron chi connectivity index (χ1n) is 6.60. The predicted octanol–water partition coefficient (Wildman–Crippen LogP) is 1.99. The van der Waals surface area contributed by atoms with Crippen molar-refractivity contribution in [2.24, 2.45) is 16.1 Å². The van der Waals surface area contributed by atoms with E-state index in [0.29, 0.717) is 0 Å². The third-order valence-corrected chi connectivity index (χ3v) is 3.09. The third-order valence-electron chi connectivity index (χ3n) is 3.09. The first kappa shape index (κ1) is 18.0. The minimum atomic E-state index is 0. The monoisotopic (exact) mass is 368 g/mol. The summed E-state index contributed by atoms with van der Waals surface area (Å²) in [5, 5.41) is 0. The van der Waals surface area contributed by atoms with Crippen molar-refractivity contribution >= 4 is 29.9 Å². The second-order valence-corrected chi connectivity index (χ2v) is 6.12. The Labute approximate surface area is 129 Å². The molecule has 0 aromatic rings. The average Bonchev–Trinajstić information content (AvgIpc) is 2.25. The molecule has 1 fully saturated rings. The second kappa shape index (κ2) is 8.19. The summed E-state index contributed by atoms with van der Waals surface area (Å²) in [7, 11) is 4.19. The first-order chi connectivity index (χ1) is 7.91. The molecule has 5 heteroatoms. The van der Waals surface area contributed by atoms with Gasteiger partial charge < -0.3 is 15.5 Å². The highest BCUT2D eigenvalue weighted by Gasteiger charge is 2.19. The van der Waals surface area contributed by atoms with Gasteiger partial charge >= 0.3 is 0 Å². The van der Waals surface area contributed by atoms with Gasteiger partial charge in [-0.3, -0.25) is 4.99 Å². The van der Waals surface area contributed by atoms with Gasteiger partial charge in [-0.1, -0.05) is 13.8 Å². The lowest BCUT2D eigenvalue weighted by atomic mass is 9.93. The third kappa shape index (κ3) is 6.78. The van der Waals surface area contributed by atoms with Crippen LogP contribution >= 0.6 is 24.0 Å². The van der Waals surface area contributed by atoms with E-state index in [1.54, 1.807) is 0 Å². The smallest absolute Gasteiger partial charge is 0.191 e. The topological polar surface area (TPSA) is 44.9 Å². The van der Waals surface area contributed by atoms with Crippen molar-refractivity contribution in [3.05, 3.63) is 0 Å². The van der Waals surface area contributed by atoms with E-state index in [1.807, 2.05) is 0 Å². The van der Waals surface area contributed by atoms with Crippen LogP contribution in [0.15, 0.2) is 4.99 Å². The van der Waals surface area contributed by atoms with Crippen LogP contribution < -0.4 is 5.73 Å². The lowest BCUT2D eigenvalue weighted by Gasteiger charge is -2.30. The summed E-state index contributed by atoms with van der Waals surface area (Å²) >= 11 is 0. The van der Waals surface area contributed by atoms with Crippen molar-refractivity contribution < 1.29 is 0 Å². The van der Waals surface area contributed by atoms with Crippen LogP contribution in [-0.4, -0.2) is 56.0 Å². The summed E-state index contributed by atoms with van der Waals surface area (Å²) in [6.07, 6.45) is 3.82. The van der Waals surface area contributed by atoms with E-state index in [4.69, 9.17) is 5.73 Å². The fourth-order valence-corrected chi connectivity index (χ4v) is 2.42. The number of hydrogen-bond donors (Lipinski definition) is 1. The van der Waals surface area contributed by atoms with Gasteiger partial charge in [-0.25, -0.2) is 0 Å². The zero-order valence-electron chi connectivity index (χ0n) is 12.3. The van der Waals surface area contributed by atoms with E-state index >= 15 is 0 Å². The van der Waals surface area contributed by atoms with Crippen LogP contribution in [0.5, 0.6) is 0 Å². The molecule has 2 N–H and O–H groups in total. The minimum Gasteiger partial charge on any atom is -0.370 e. The Morgan fingerprint density at radius 2 is 1.78 bits per heavy atom. The number of aliphatic imine (C=N–C) groups is 1. The van der Waals surface area contributed by atoms with Gasteiger partial charge in [0, 0.05) is 26.2 Å². The van der Waals surface area contributed by atoms with Crippen molar-refractivity contribution in [3.63, 3.8) is 0 Å². The van der Waals surface area contributed by atoms with Crippen molar-refractivity contribution in [2.75, 3.05) is 40.3 Å². The molecule has 1 rings (SSSR count). The molecule has 0 spiro atoms. The number of likely N-dealkylation sites (tertiary alicyclic amines) is 1. The van der Waals surface area contributed by atoms with Gasteiger partial charge in [0.1, 0.15) is 0 Å². The highest BCUT2D eigenvalue weighted by molar-refractivity contribution is 14.0. The molecule has 1 aliphatic rings.